The second-order valence-corrected chi connectivity index (χ2v) is 27.3. The second kappa shape index (κ2) is 16.2. The quantitative estimate of drug-likeness (QED) is 0.123. The van der Waals surface area contributed by atoms with Crippen LogP contribution in [0.15, 0.2) is 188 Å². The maximum Gasteiger partial charge on any atom is 0.252 e. The molecule has 13 aromatic rings. The van der Waals surface area contributed by atoms with Gasteiger partial charge in [0.15, 0.2) is 0 Å². The number of benzene rings is 11. The van der Waals surface area contributed by atoms with Gasteiger partial charge in [0.1, 0.15) is 0 Å². The van der Waals surface area contributed by atoms with E-state index in [-0.39, 0.29) is 28.4 Å². The minimum absolute atomic E-state index is 0.0169. The molecule has 4 heterocycles. The van der Waals surface area contributed by atoms with Crippen molar-refractivity contribution in [3.63, 3.8) is 0 Å². The maximum atomic E-state index is 2.69. The zero-order valence-corrected chi connectivity index (χ0v) is 47.9. The monoisotopic (exact) mass is 1020 g/mol. The van der Waals surface area contributed by atoms with Crippen LogP contribution in [-0.2, 0) is 21.7 Å². The van der Waals surface area contributed by atoms with Gasteiger partial charge in [0.25, 0.3) is 6.71 Å². The van der Waals surface area contributed by atoms with Crippen molar-refractivity contribution in [3.8, 4) is 44.8 Å². The number of hydrogen-bond donors (Lipinski definition) is 0. The molecule has 0 aliphatic carbocycles. The van der Waals surface area contributed by atoms with Crippen molar-refractivity contribution in [3.05, 3.63) is 210 Å². The van der Waals surface area contributed by atoms with Crippen LogP contribution in [0.4, 0.5) is 0 Å². The molecule has 0 radical (unpaired) electrons. The van der Waals surface area contributed by atoms with Crippen LogP contribution in [0.3, 0.4) is 0 Å². The third-order valence-corrected chi connectivity index (χ3v) is 18.3. The van der Waals surface area contributed by atoms with Crippen molar-refractivity contribution in [2.45, 2.75) is 105 Å². The van der Waals surface area contributed by atoms with Crippen molar-refractivity contribution in [1.29, 1.82) is 0 Å². The largest absolute Gasteiger partial charge is 0.310 e. The molecule has 0 atom stereocenters. The number of hydrogen-bond acceptors (Lipinski definition) is 0. The number of para-hydroxylation sites is 1. The second-order valence-electron chi connectivity index (χ2n) is 27.3. The smallest absolute Gasteiger partial charge is 0.252 e. The summed E-state index contributed by atoms with van der Waals surface area (Å²) < 4.78 is 5.38. The first-order chi connectivity index (χ1) is 37.7. The summed E-state index contributed by atoms with van der Waals surface area (Å²) in [4.78, 5) is 0. The molecule has 79 heavy (non-hydrogen) atoms. The van der Waals surface area contributed by atoms with Crippen LogP contribution in [0.5, 0.6) is 0 Å². The van der Waals surface area contributed by atoms with Crippen LogP contribution in [0.1, 0.15) is 105 Å². The summed E-state index contributed by atoms with van der Waals surface area (Å²) >= 11 is 0. The van der Waals surface area contributed by atoms with Crippen molar-refractivity contribution in [2.24, 2.45) is 0 Å². The van der Waals surface area contributed by atoms with Gasteiger partial charge in [-0.25, -0.2) is 0 Å². The molecule has 2 aliphatic heterocycles. The Morgan fingerprint density at radius 3 is 1.33 bits per heavy atom. The zero-order chi connectivity index (χ0) is 54.4. The van der Waals surface area contributed by atoms with Gasteiger partial charge in [-0.1, -0.05) is 235 Å². The Morgan fingerprint density at radius 2 is 0.759 bits per heavy atom. The number of fused-ring (bicyclic) bond motifs is 17. The van der Waals surface area contributed by atoms with Gasteiger partial charge in [-0.15, -0.1) is 0 Å². The maximum absolute atomic E-state index is 2.69. The molecule has 0 bridgehead atoms. The first-order valence-corrected chi connectivity index (χ1v) is 28.7. The molecule has 0 amide bonds. The Hall–Kier alpha value is -8.14. The summed E-state index contributed by atoms with van der Waals surface area (Å²) in [6, 6.07) is 73.7. The van der Waals surface area contributed by atoms with E-state index in [0.717, 1.165) is 0 Å². The molecule has 11 aromatic carbocycles. The summed E-state index contributed by atoms with van der Waals surface area (Å²) in [6.07, 6.45) is 0. The highest BCUT2D eigenvalue weighted by Crippen LogP contribution is 2.49. The highest BCUT2D eigenvalue weighted by molar-refractivity contribution is 7.00. The Kier molecular flexibility index (Phi) is 9.87. The lowest BCUT2D eigenvalue weighted by atomic mass is 9.34. The lowest BCUT2D eigenvalue weighted by Crippen LogP contribution is -2.59. The van der Waals surface area contributed by atoms with Gasteiger partial charge < -0.3 is 9.13 Å². The van der Waals surface area contributed by atoms with Gasteiger partial charge in [-0.2, -0.15) is 0 Å². The van der Waals surface area contributed by atoms with Crippen LogP contribution in [0, 0.1) is 0 Å². The standard InChI is InChI=1S/C76H67BN2/c1-73(2,3)47-31-27-44(28-32-47)51-23-17-24-52(45-29-33-48(34-30-45)74(4,5)6)67(51)46-39-65-70-66(40-46)79-64-38-36-57-55-21-14-13-19-53(55)54-20-15-16-22-56(54)68(57)69(64)58-25-18-26-61(71(58)79)77(70)62-43-50(76(10,11)12)42-60-59-41-49(75(7,8)9)35-37-63(59)78(65)72(60)62/h13-43H,1-12H3. The van der Waals surface area contributed by atoms with E-state index in [1.165, 1.54) is 159 Å². The molecule has 15 rings (SSSR count). The van der Waals surface area contributed by atoms with Gasteiger partial charge in [0.2, 0.25) is 0 Å². The zero-order valence-electron chi connectivity index (χ0n) is 47.9. The Morgan fingerprint density at radius 1 is 0.304 bits per heavy atom. The summed E-state index contributed by atoms with van der Waals surface area (Å²) in [5.74, 6) is 0. The van der Waals surface area contributed by atoms with Crippen LogP contribution in [-0.4, -0.2) is 15.8 Å². The van der Waals surface area contributed by atoms with E-state index in [0.29, 0.717) is 0 Å². The highest BCUT2D eigenvalue weighted by atomic mass is 15.0. The third-order valence-electron chi connectivity index (χ3n) is 18.3. The Bertz CT molecular complexity index is 4670. The van der Waals surface area contributed by atoms with Crippen molar-refractivity contribution in [2.75, 3.05) is 0 Å². The topological polar surface area (TPSA) is 9.86 Å². The van der Waals surface area contributed by atoms with Crippen molar-refractivity contribution < 1.29 is 0 Å². The van der Waals surface area contributed by atoms with E-state index in [9.17, 15) is 0 Å². The molecule has 2 aromatic heterocycles. The SMILES string of the molecule is CC(C)(C)c1ccc(-c2cccc(-c3ccc(C(C)(C)C)cc3)c2-c2cc3c4c(c2)-n2c5ccc6c7ccccc7c7ccccc7c6c5c5cccc(c52)B4c2cc(C(C)(C)C)cc4c5cc(C(C)(C)C)ccc5n-3c24)cc1. The van der Waals surface area contributed by atoms with Crippen LogP contribution < -0.4 is 16.4 Å². The van der Waals surface area contributed by atoms with Gasteiger partial charge in [-0.05, 0) is 157 Å². The van der Waals surface area contributed by atoms with Gasteiger partial charge >= 0.3 is 0 Å². The van der Waals surface area contributed by atoms with Gasteiger partial charge in [0, 0.05) is 49.3 Å². The van der Waals surface area contributed by atoms with Crippen LogP contribution >= 0.6 is 0 Å². The van der Waals surface area contributed by atoms with E-state index < -0.39 is 0 Å². The molecule has 0 fully saturated rings. The molecule has 2 nitrogen and oxygen atoms in total. The first-order valence-electron chi connectivity index (χ1n) is 28.7. The molecular weight excluding hydrogens is 952 g/mol. The summed E-state index contributed by atoms with van der Waals surface area (Å²) in [7, 11) is 0. The Balaban J connectivity index is 1.14. The van der Waals surface area contributed by atoms with E-state index in [1.807, 2.05) is 0 Å². The molecule has 384 valence electrons. The van der Waals surface area contributed by atoms with Crippen LogP contribution in [0.2, 0.25) is 0 Å². The summed E-state index contributed by atoms with van der Waals surface area (Å²) in [6.45, 7) is 28.0. The van der Waals surface area contributed by atoms with E-state index in [1.54, 1.807) is 0 Å². The van der Waals surface area contributed by atoms with E-state index in [2.05, 4.69) is 280 Å². The predicted molar refractivity (Wildman–Crippen MR) is 343 cm³/mol. The van der Waals surface area contributed by atoms with Crippen molar-refractivity contribution >= 4 is 99.0 Å². The molecule has 0 unspecified atom stereocenters. The molecule has 3 heteroatoms. The van der Waals surface area contributed by atoms with E-state index in [4.69, 9.17) is 0 Å². The molecular formula is C76H67BN2. The van der Waals surface area contributed by atoms with Gasteiger partial charge in [0.05, 0.1) is 11.0 Å². The predicted octanol–water partition coefficient (Wildman–Crippen LogP) is 18.7. The summed E-state index contributed by atoms with van der Waals surface area (Å²) in [5.41, 5.74) is 24.4. The molecule has 0 saturated heterocycles. The highest BCUT2D eigenvalue weighted by Gasteiger charge is 2.42. The average Bonchev–Trinajstić information content (AvgIpc) is 4.17. The number of aromatic nitrogens is 2. The molecule has 0 N–H and O–H groups in total. The minimum Gasteiger partial charge on any atom is -0.310 e. The fourth-order valence-electron chi connectivity index (χ4n) is 14.2. The number of nitrogens with zero attached hydrogens (tertiary/aromatic N) is 2. The fourth-order valence-corrected chi connectivity index (χ4v) is 14.2. The fraction of sp³-hybridized carbons (Fsp3) is 0.211. The normalized spacial score (nSPS) is 13.5. The third kappa shape index (κ3) is 6.91. The van der Waals surface area contributed by atoms with E-state index >= 15 is 0 Å². The minimum atomic E-state index is -0.0810. The Labute approximate surface area is 465 Å². The van der Waals surface area contributed by atoms with Gasteiger partial charge in [-0.3, -0.25) is 0 Å². The first kappa shape index (κ1) is 48.0. The molecule has 0 saturated carbocycles. The lowest BCUT2D eigenvalue weighted by Gasteiger charge is -2.35. The lowest BCUT2D eigenvalue weighted by molar-refractivity contribution is 0.590. The molecule has 2 aliphatic rings. The van der Waals surface area contributed by atoms with Crippen LogP contribution in [0.25, 0.3) is 121 Å². The van der Waals surface area contributed by atoms with Crippen molar-refractivity contribution in [1.82, 2.24) is 9.13 Å². The summed E-state index contributed by atoms with van der Waals surface area (Å²) in [5, 5.41) is 13.1. The molecule has 0 spiro atoms. The number of rotatable bonds is 3. The average molecular weight is 1020 g/mol.